The van der Waals surface area contributed by atoms with E-state index in [2.05, 4.69) is 31.0 Å². The number of nitrogens with zero attached hydrogens (tertiary/aromatic N) is 1. The van der Waals surface area contributed by atoms with E-state index in [0.29, 0.717) is 5.92 Å². The highest BCUT2D eigenvalue weighted by molar-refractivity contribution is 7.12. The fourth-order valence-corrected chi connectivity index (χ4v) is 2.98. The van der Waals surface area contributed by atoms with E-state index in [-0.39, 0.29) is 0 Å². The summed E-state index contributed by atoms with van der Waals surface area (Å²) in [6.45, 7) is 4.43. The Balaban J connectivity index is 2.27. The minimum atomic E-state index is 0.567. The van der Waals surface area contributed by atoms with Crippen molar-refractivity contribution in [3.8, 4) is 0 Å². The molecule has 1 aliphatic heterocycles. The van der Waals surface area contributed by atoms with Gasteiger partial charge < -0.3 is 0 Å². The lowest BCUT2D eigenvalue weighted by Gasteiger charge is -2.11. The van der Waals surface area contributed by atoms with Crippen molar-refractivity contribution in [1.82, 2.24) is 0 Å². The van der Waals surface area contributed by atoms with Crippen molar-refractivity contribution in [3.05, 3.63) is 33.7 Å². The number of rotatable bonds is 2. The van der Waals surface area contributed by atoms with Crippen molar-refractivity contribution in [1.29, 1.82) is 0 Å². The molecule has 0 aromatic carbocycles. The molecular formula is C12H15NS. The Morgan fingerprint density at radius 1 is 1.57 bits per heavy atom. The Labute approximate surface area is 89.2 Å². The molecule has 0 N–H and O–H groups in total. The molecule has 1 unspecified atom stereocenters. The standard InChI is InChI=1S/C12H15NS/c1-3-11-8-9(2)12(14-11)10-4-6-13-7-5-10/h4,6-8,10H,3,5H2,1-2H3. The molecule has 2 heterocycles. The topological polar surface area (TPSA) is 12.4 Å². The number of hydrogen-bond donors (Lipinski definition) is 0. The fourth-order valence-electron chi connectivity index (χ4n) is 1.77. The second-order valence-corrected chi connectivity index (χ2v) is 4.80. The first-order chi connectivity index (χ1) is 6.81. The molecule has 0 saturated carbocycles. The maximum absolute atomic E-state index is 4.11. The molecule has 0 aliphatic carbocycles. The first-order valence-electron chi connectivity index (χ1n) is 5.08. The molecule has 0 amide bonds. The van der Waals surface area contributed by atoms with Gasteiger partial charge >= 0.3 is 0 Å². The number of hydrogen-bond acceptors (Lipinski definition) is 2. The molecule has 0 spiro atoms. The summed E-state index contributed by atoms with van der Waals surface area (Å²) < 4.78 is 0. The molecule has 14 heavy (non-hydrogen) atoms. The van der Waals surface area contributed by atoms with E-state index in [0.717, 1.165) is 12.8 Å². The van der Waals surface area contributed by atoms with Crippen LogP contribution in [-0.4, -0.2) is 6.21 Å². The van der Waals surface area contributed by atoms with Gasteiger partial charge in [-0.1, -0.05) is 13.0 Å². The van der Waals surface area contributed by atoms with E-state index in [1.165, 1.54) is 15.3 Å². The molecule has 0 fully saturated rings. The van der Waals surface area contributed by atoms with Gasteiger partial charge in [0.05, 0.1) is 0 Å². The van der Waals surface area contributed by atoms with Crippen LogP contribution in [0.2, 0.25) is 0 Å². The van der Waals surface area contributed by atoms with Crippen LogP contribution < -0.4 is 0 Å². The maximum atomic E-state index is 4.11. The SMILES string of the molecule is CCc1cc(C)c(C2C=CN=CC2)s1. The highest BCUT2D eigenvalue weighted by Gasteiger charge is 2.14. The molecule has 1 aliphatic rings. The summed E-state index contributed by atoms with van der Waals surface area (Å²) >= 11 is 1.95. The summed E-state index contributed by atoms with van der Waals surface area (Å²) in [6.07, 6.45) is 8.34. The third-order valence-corrected chi connectivity index (χ3v) is 4.07. The van der Waals surface area contributed by atoms with E-state index < -0.39 is 0 Å². The summed E-state index contributed by atoms with van der Waals surface area (Å²) in [5, 5.41) is 0. The monoisotopic (exact) mass is 205 g/mol. The average molecular weight is 205 g/mol. The third kappa shape index (κ3) is 1.80. The Bertz CT molecular complexity index is 374. The van der Waals surface area contributed by atoms with Gasteiger partial charge in [0.15, 0.2) is 0 Å². The Hall–Kier alpha value is -0.890. The van der Waals surface area contributed by atoms with Crippen LogP contribution in [0.1, 0.15) is 34.6 Å². The fraction of sp³-hybridized carbons (Fsp3) is 0.417. The lowest BCUT2D eigenvalue weighted by molar-refractivity contribution is 0.901. The van der Waals surface area contributed by atoms with Crippen LogP contribution in [0.3, 0.4) is 0 Å². The molecule has 2 rings (SSSR count). The molecule has 74 valence electrons. The van der Waals surface area contributed by atoms with Crippen molar-refractivity contribution in [3.63, 3.8) is 0 Å². The number of aliphatic imine (C=N–C) groups is 1. The van der Waals surface area contributed by atoms with Crippen molar-refractivity contribution < 1.29 is 0 Å². The summed E-state index contributed by atoms with van der Waals surface area (Å²) in [6, 6.07) is 2.32. The van der Waals surface area contributed by atoms with Crippen LogP contribution in [0, 0.1) is 6.92 Å². The van der Waals surface area contributed by atoms with Gasteiger partial charge in [-0.2, -0.15) is 0 Å². The summed E-state index contributed by atoms with van der Waals surface area (Å²) in [5.41, 5.74) is 1.44. The number of aryl methyl sites for hydroxylation is 2. The van der Waals surface area contributed by atoms with Crippen LogP contribution in [0.5, 0.6) is 0 Å². The van der Waals surface area contributed by atoms with Gasteiger partial charge in [-0.3, -0.25) is 4.99 Å². The van der Waals surface area contributed by atoms with E-state index in [1.54, 1.807) is 0 Å². The molecule has 0 saturated heterocycles. The van der Waals surface area contributed by atoms with Gasteiger partial charge in [-0.15, -0.1) is 11.3 Å². The van der Waals surface area contributed by atoms with Crippen molar-refractivity contribution in [2.75, 3.05) is 0 Å². The van der Waals surface area contributed by atoms with E-state index in [1.807, 2.05) is 23.8 Å². The Morgan fingerprint density at radius 3 is 3.00 bits per heavy atom. The quantitative estimate of drug-likeness (QED) is 0.698. The highest BCUT2D eigenvalue weighted by Crippen LogP contribution is 2.33. The van der Waals surface area contributed by atoms with Crippen molar-refractivity contribution in [2.24, 2.45) is 4.99 Å². The second kappa shape index (κ2) is 4.09. The lowest BCUT2D eigenvalue weighted by Crippen LogP contribution is -1.97. The van der Waals surface area contributed by atoms with Crippen LogP contribution >= 0.6 is 11.3 Å². The van der Waals surface area contributed by atoms with Crippen molar-refractivity contribution >= 4 is 17.6 Å². The summed E-state index contributed by atoms with van der Waals surface area (Å²) in [4.78, 5) is 7.12. The van der Waals surface area contributed by atoms with Gasteiger partial charge in [-0.05, 0) is 31.4 Å². The maximum Gasteiger partial charge on any atom is 0.0230 e. The zero-order chi connectivity index (χ0) is 9.97. The third-order valence-electron chi connectivity index (χ3n) is 2.56. The van der Waals surface area contributed by atoms with Crippen LogP contribution in [0.4, 0.5) is 0 Å². The van der Waals surface area contributed by atoms with Gasteiger partial charge in [-0.25, -0.2) is 0 Å². The number of thiophene rings is 1. The second-order valence-electron chi connectivity index (χ2n) is 3.63. The smallest absolute Gasteiger partial charge is 0.0230 e. The van der Waals surface area contributed by atoms with Gasteiger partial charge in [0, 0.05) is 28.1 Å². The number of allylic oxidation sites excluding steroid dienone is 1. The highest BCUT2D eigenvalue weighted by atomic mass is 32.1. The Kier molecular flexibility index (Phi) is 2.82. The minimum absolute atomic E-state index is 0.567. The first-order valence-corrected chi connectivity index (χ1v) is 5.90. The molecule has 1 aromatic rings. The van der Waals surface area contributed by atoms with Crippen molar-refractivity contribution in [2.45, 2.75) is 32.6 Å². The summed E-state index contributed by atoms with van der Waals surface area (Å²) in [7, 11) is 0. The molecule has 1 atom stereocenters. The normalized spacial score (nSPS) is 20.3. The van der Waals surface area contributed by atoms with Crippen LogP contribution in [0.15, 0.2) is 23.3 Å². The summed E-state index contributed by atoms with van der Waals surface area (Å²) in [5.74, 6) is 0.567. The largest absolute Gasteiger partial charge is 0.269 e. The molecule has 1 nitrogen and oxygen atoms in total. The van der Waals surface area contributed by atoms with Gasteiger partial charge in [0.25, 0.3) is 0 Å². The predicted octanol–water partition coefficient (Wildman–Crippen LogP) is 3.69. The average Bonchev–Trinajstić information content (AvgIpc) is 2.61. The molecule has 0 radical (unpaired) electrons. The van der Waals surface area contributed by atoms with E-state index >= 15 is 0 Å². The first kappa shape index (κ1) is 9.66. The molecule has 0 bridgehead atoms. The zero-order valence-electron chi connectivity index (χ0n) is 8.66. The molecule has 2 heteroatoms. The Morgan fingerprint density at radius 2 is 2.43 bits per heavy atom. The lowest BCUT2D eigenvalue weighted by atomic mass is 10.00. The molecular weight excluding hydrogens is 190 g/mol. The van der Waals surface area contributed by atoms with Gasteiger partial charge in [0.1, 0.15) is 0 Å². The van der Waals surface area contributed by atoms with Gasteiger partial charge in [0.2, 0.25) is 0 Å². The van der Waals surface area contributed by atoms with Crippen LogP contribution in [-0.2, 0) is 6.42 Å². The van der Waals surface area contributed by atoms with E-state index in [9.17, 15) is 0 Å². The zero-order valence-corrected chi connectivity index (χ0v) is 9.47. The predicted molar refractivity (Wildman–Crippen MR) is 63.4 cm³/mol. The molecule has 1 aromatic heterocycles. The minimum Gasteiger partial charge on any atom is -0.269 e. The van der Waals surface area contributed by atoms with Crippen LogP contribution in [0.25, 0.3) is 0 Å². The van der Waals surface area contributed by atoms with E-state index in [4.69, 9.17) is 0 Å².